The molecule has 0 saturated carbocycles. The van der Waals surface area contributed by atoms with Gasteiger partial charge in [0.1, 0.15) is 11.6 Å². The molecule has 0 spiro atoms. The summed E-state index contributed by atoms with van der Waals surface area (Å²) >= 11 is 0. The number of hydrogen-bond acceptors (Lipinski definition) is 0. The first kappa shape index (κ1) is 13.0. The zero-order valence-corrected chi connectivity index (χ0v) is 10.6. The van der Waals surface area contributed by atoms with Gasteiger partial charge in [0, 0.05) is 12.0 Å². The van der Waals surface area contributed by atoms with Crippen LogP contribution in [0, 0.1) is 11.6 Å². The van der Waals surface area contributed by atoms with Crippen molar-refractivity contribution >= 4 is 0 Å². The molecule has 96 valence electrons. The Hall–Kier alpha value is -1.44. The molecule has 0 heterocycles. The van der Waals surface area contributed by atoms with Crippen LogP contribution in [0.1, 0.15) is 44.1 Å². The quantitative estimate of drug-likeness (QED) is 0.693. The molecule has 1 unspecified atom stereocenters. The van der Waals surface area contributed by atoms with Crippen molar-refractivity contribution in [3.05, 3.63) is 59.2 Å². The normalized spacial score (nSPS) is 18.8. The van der Waals surface area contributed by atoms with Crippen LogP contribution < -0.4 is 0 Å². The summed E-state index contributed by atoms with van der Waals surface area (Å²) in [6.07, 6.45) is 10.6. The fourth-order valence-corrected chi connectivity index (χ4v) is 2.27. The predicted octanol–water partition coefficient (Wildman–Crippen LogP) is 5.12. The molecule has 2 heteroatoms. The topological polar surface area (TPSA) is 0 Å². The first-order valence-electron chi connectivity index (χ1n) is 6.52. The van der Waals surface area contributed by atoms with Gasteiger partial charge >= 0.3 is 0 Å². The van der Waals surface area contributed by atoms with Crippen LogP contribution in [0.15, 0.2) is 42.0 Å². The molecule has 1 atom stereocenters. The van der Waals surface area contributed by atoms with Gasteiger partial charge in [0.15, 0.2) is 0 Å². The van der Waals surface area contributed by atoms with Crippen molar-refractivity contribution in [1.82, 2.24) is 0 Å². The molecule has 0 fully saturated rings. The number of halogens is 2. The Morgan fingerprint density at radius 1 is 1.17 bits per heavy atom. The Morgan fingerprint density at radius 3 is 2.44 bits per heavy atom. The molecule has 0 aliphatic heterocycles. The van der Waals surface area contributed by atoms with E-state index in [9.17, 15) is 8.78 Å². The van der Waals surface area contributed by atoms with E-state index >= 15 is 0 Å². The van der Waals surface area contributed by atoms with Gasteiger partial charge in [0.25, 0.3) is 0 Å². The number of unbranched alkanes of at least 4 members (excludes halogenated alkanes) is 1. The van der Waals surface area contributed by atoms with E-state index in [1.807, 2.05) is 0 Å². The van der Waals surface area contributed by atoms with E-state index in [1.165, 1.54) is 30.5 Å². The molecule has 0 saturated heterocycles. The fourth-order valence-electron chi connectivity index (χ4n) is 2.27. The van der Waals surface area contributed by atoms with Crippen molar-refractivity contribution < 1.29 is 8.78 Å². The zero-order chi connectivity index (χ0) is 13.0. The minimum atomic E-state index is -0.501. The van der Waals surface area contributed by atoms with Gasteiger partial charge in [-0.25, -0.2) is 8.78 Å². The molecule has 0 aromatic heterocycles. The van der Waals surface area contributed by atoms with Crippen LogP contribution in [0.3, 0.4) is 0 Å². The highest BCUT2D eigenvalue weighted by molar-refractivity contribution is 5.33. The Balaban J connectivity index is 2.05. The lowest BCUT2D eigenvalue weighted by Gasteiger charge is -2.16. The van der Waals surface area contributed by atoms with E-state index in [1.54, 1.807) is 0 Å². The van der Waals surface area contributed by atoms with Gasteiger partial charge < -0.3 is 0 Å². The summed E-state index contributed by atoms with van der Waals surface area (Å²) in [6.45, 7) is 2.17. The third-order valence-electron chi connectivity index (χ3n) is 3.31. The maximum absolute atomic E-state index is 13.1. The average molecular weight is 248 g/mol. The summed E-state index contributed by atoms with van der Waals surface area (Å²) in [4.78, 5) is 0. The molecule has 1 aliphatic rings. The molecule has 0 N–H and O–H groups in total. The predicted molar refractivity (Wildman–Crippen MR) is 70.5 cm³/mol. The van der Waals surface area contributed by atoms with E-state index in [2.05, 4.69) is 25.2 Å². The third-order valence-corrected chi connectivity index (χ3v) is 3.31. The number of rotatable bonds is 4. The summed E-state index contributed by atoms with van der Waals surface area (Å²) in [5.41, 5.74) is 2.06. The van der Waals surface area contributed by atoms with Crippen LogP contribution in [0.25, 0.3) is 0 Å². The van der Waals surface area contributed by atoms with Crippen molar-refractivity contribution in [3.63, 3.8) is 0 Å². The molecule has 1 aliphatic carbocycles. The largest absolute Gasteiger partial charge is 0.207 e. The molecular formula is C16H18F2. The molecule has 0 amide bonds. The molecule has 1 aromatic rings. The zero-order valence-electron chi connectivity index (χ0n) is 10.6. The summed E-state index contributed by atoms with van der Waals surface area (Å²) in [5, 5.41) is 0. The monoisotopic (exact) mass is 248 g/mol. The van der Waals surface area contributed by atoms with Gasteiger partial charge in [-0.1, -0.05) is 37.1 Å². The lowest BCUT2D eigenvalue weighted by molar-refractivity contribution is 0.577. The lowest BCUT2D eigenvalue weighted by atomic mass is 9.89. The van der Waals surface area contributed by atoms with Gasteiger partial charge in [-0.3, -0.25) is 0 Å². The van der Waals surface area contributed by atoms with Crippen molar-refractivity contribution in [2.75, 3.05) is 0 Å². The summed E-state index contributed by atoms with van der Waals surface area (Å²) in [7, 11) is 0. The van der Waals surface area contributed by atoms with Crippen LogP contribution in [-0.2, 0) is 0 Å². The summed E-state index contributed by atoms with van der Waals surface area (Å²) in [5.74, 6) is -0.904. The average Bonchev–Trinajstić information content (AvgIpc) is 2.36. The van der Waals surface area contributed by atoms with Crippen molar-refractivity contribution in [2.45, 2.75) is 38.5 Å². The first-order valence-corrected chi connectivity index (χ1v) is 6.52. The van der Waals surface area contributed by atoms with Gasteiger partial charge in [-0.05, 0) is 37.0 Å². The number of hydrogen-bond donors (Lipinski definition) is 0. The van der Waals surface area contributed by atoms with Crippen molar-refractivity contribution in [2.24, 2.45) is 0 Å². The Morgan fingerprint density at radius 2 is 1.89 bits per heavy atom. The van der Waals surface area contributed by atoms with E-state index in [0.29, 0.717) is 0 Å². The van der Waals surface area contributed by atoms with Gasteiger partial charge in [-0.2, -0.15) is 0 Å². The molecular weight excluding hydrogens is 230 g/mol. The molecule has 1 aromatic carbocycles. The second-order valence-corrected chi connectivity index (χ2v) is 4.79. The molecule has 2 rings (SSSR count). The summed E-state index contributed by atoms with van der Waals surface area (Å²) < 4.78 is 26.3. The van der Waals surface area contributed by atoms with Crippen LogP contribution in [0.2, 0.25) is 0 Å². The smallest absolute Gasteiger partial charge is 0.126 e. The van der Waals surface area contributed by atoms with E-state index in [-0.39, 0.29) is 5.92 Å². The summed E-state index contributed by atoms with van der Waals surface area (Å²) in [6, 6.07) is 3.75. The van der Waals surface area contributed by atoms with Gasteiger partial charge in [0.2, 0.25) is 0 Å². The second kappa shape index (κ2) is 5.94. The van der Waals surface area contributed by atoms with Crippen LogP contribution in [0.4, 0.5) is 8.78 Å². The highest BCUT2D eigenvalue weighted by Crippen LogP contribution is 2.29. The minimum absolute atomic E-state index is 0.0978. The Kier molecular flexibility index (Phi) is 4.29. The van der Waals surface area contributed by atoms with Crippen molar-refractivity contribution in [1.29, 1.82) is 0 Å². The van der Waals surface area contributed by atoms with Gasteiger partial charge in [-0.15, -0.1) is 0 Å². The van der Waals surface area contributed by atoms with Crippen LogP contribution in [0.5, 0.6) is 0 Å². The molecule has 0 bridgehead atoms. The molecule has 0 radical (unpaired) electrons. The lowest BCUT2D eigenvalue weighted by Crippen LogP contribution is -2.00. The highest BCUT2D eigenvalue weighted by atomic mass is 19.1. The third kappa shape index (κ3) is 3.28. The van der Waals surface area contributed by atoms with E-state index in [0.717, 1.165) is 24.5 Å². The van der Waals surface area contributed by atoms with E-state index < -0.39 is 11.6 Å². The Bertz CT molecular complexity index is 452. The maximum Gasteiger partial charge on any atom is 0.126 e. The van der Waals surface area contributed by atoms with Gasteiger partial charge in [0.05, 0.1) is 0 Å². The molecule has 0 nitrogen and oxygen atoms in total. The maximum atomic E-state index is 13.1. The minimum Gasteiger partial charge on any atom is -0.207 e. The molecule has 18 heavy (non-hydrogen) atoms. The standard InChI is InChI=1S/C16H18F2/c1-2-3-4-12-5-7-13(8-6-12)14-9-15(17)11-16(18)10-14/h5-7,9-11,13H,2-4,8H2,1H3. The fraction of sp³-hybridized carbons (Fsp3) is 0.375. The van der Waals surface area contributed by atoms with Crippen LogP contribution >= 0.6 is 0 Å². The van der Waals surface area contributed by atoms with Crippen LogP contribution in [-0.4, -0.2) is 0 Å². The first-order chi connectivity index (χ1) is 8.69. The number of benzene rings is 1. The SMILES string of the molecule is CCCCC1=CCC(c2cc(F)cc(F)c2)C=C1. The Labute approximate surface area is 107 Å². The number of allylic oxidation sites excluding steroid dienone is 4. The van der Waals surface area contributed by atoms with E-state index in [4.69, 9.17) is 0 Å². The van der Waals surface area contributed by atoms with Crippen molar-refractivity contribution in [3.8, 4) is 0 Å². The highest BCUT2D eigenvalue weighted by Gasteiger charge is 2.13. The second-order valence-electron chi connectivity index (χ2n) is 4.79.